The summed E-state index contributed by atoms with van der Waals surface area (Å²) >= 11 is 0. The Morgan fingerprint density at radius 2 is 2.08 bits per heavy atom. The van der Waals surface area contributed by atoms with E-state index in [0.717, 1.165) is 19.3 Å². The number of hydrogen-bond donors (Lipinski definition) is 0. The molecule has 1 aromatic carbocycles. The molecular weight excluding hydrogens is 328 g/mol. The summed E-state index contributed by atoms with van der Waals surface area (Å²) in [5, 5.41) is 0. The number of carbonyl (C=O) groups excluding carboxylic acids is 2. The molecule has 1 aromatic rings. The van der Waals surface area contributed by atoms with Gasteiger partial charge in [0.25, 0.3) is 0 Å². The Bertz CT molecular complexity index is 690. The molecule has 5 nitrogen and oxygen atoms in total. The van der Waals surface area contributed by atoms with Crippen molar-refractivity contribution in [2.75, 3.05) is 13.2 Å². The molecule has 26 heavy (non-hydrogen) atoms. The van der Waals surface area contributed by atoms with Gasteiger partial charge in [-0.05, 0) is 24.3 Å². The SMILES string of the molecule is CC(C)[C@@H]1CO[C@@]23CCN(C(=O)CCCc4ccccc4)[C@@H]2CC(=O)N13. The summed E-state index contributed by atoms with van der Waals surface area (Å²) in [5.41, 5.74) is 0.709. The van der Waals surface area contributed by atoms with E-state index in [0.29, 0.717) is 31.9 Å². The fourth-order valence-electron chi connectivity index (χ4n) is 4.90. The van der Waals surface area contributed by atoms with Gasteiger partial charge in [0.15, 0.2) is 5.72 Å². The van der Waals surface area contributed by atoms with Crippen molar-refractivity contribution in [3.63, 3.8) is 0 Å². The molecule has 0 N–H and O–H groups in total. The number of aryl methyl sites for hydroxylation is 1. The van der Waals surface area contributed by atoms with Crippen molar-refractivity contribution in [1.82, 2.24) is 9.80 Å². The maximum atomic E-state index is 12.8. The molecule has 3 aliphatic rings. The number of rotatable bonds is 5. The maximum Gasteiger partial charge on any atom is 0.227 e. The highest BCUT2D eigenvalue weighted by Gasteiger charge is 2.65. The fraction of sp³-hybridized carbons (Fsp3) is 0.619. The van der Waals surface area contributed by atoms with Crippen molar-refractivity contribution < 1.29 is 14.3 Å². The first-order valence-corrected chi connectivity index (χ1v) is 9.82. The Labute approximate surface area is 155 Å². The Morgan fingerprint density at radius 3 is 2.81 bits per heavy atom. The van der Waals surface area contributed by atoms with Gasteiger partial charge in [0.2, 0.25) is 11.8 Å². The number of nitrogens with zero attached hydrogens (tertiary/aromatic N) is 2. The zero-order valence-corrected chi connectivity index (χ0v) is 15.7. The minimum Gasteiger partial charge on any atom is -0.351 e. The third kappa shape index (κ3) is 2.73. The molecule has 3 atom stereocenters. The summed E-state index contributed by atoms with van der Waals surface area (Å²) in [5.74, 6) is 0.676. The second-order valence-electron chi connectivity index (χ2n) is 8.13. The van der Waals surface area contributed by atoms with Crippen LogP contribution >= 0.6 is 0 Å². The number of hydrogen-bond acceptors (Lipinski definition) is 3. The molecular formula is C21H28N2O3. The van der Waals surface area contributed by atoms with Gasteiger partial charge in [-0.3, -0.25) is 9.59 Å². The van der Waals surface area contributed by atoms with Crippen LogP contribution in [0, 0.1) is 5.92 Å². The van der Waals surface area contributed by atoms with Crippen LogP contribution in [0.15, 0.2) is 30.3 Å². The number of benzene rings is 1. The highest BCUT2D eigenvalue weighted by Crippen LogP contribution is 2.48. The average molecular weight is 356 g/mol. The molecule has 0 saturated carbocycles. The average Bonchev–Trinajstić information content (AvgIpc) is 3.25. The van der Waals surface area contributed by atoms with E-state index in [4.69, 9.17) is 4.74 Å². The highest BCUT2D eigenvalue weighted by molar-refractivity contribution is 5.85. The standard InChI is InChI=1S/C21H28N2O3/c1-15(2)17-14-26-21-11-12-22(18(21)13-20(25)23(17)21)19(24)10-6-9-16-7-4-3-5-8-16/h3-5,7-8,15,17-18H,6,9-14H2,1-2H3/t17-,18+,21-/m0/s1. The van der Waals surface area contributed by atoms with E-state index in [1.54, 1.807) is 0 Å². The first kappa shape index (κ1) is 17.5. The van der Waals surface area contributed by atoms with Gasteiger partial charge in [-0.2, -0.15) is 0 Å². The number of amides is 2. The van der Waals surface area contributed by atoms with E-state index in [-0.39, 0.29) is 23.9 Å². The Morgan fingerprint density at radius 1 is 1.31 bits per heavy atom. The summed E-state index contributed by atoms with van der Waals surface area (Å²) in [6.45, 7) is 5.56. The molecule has 0 aromatic heterocycles. The van der Waals surface area contributed by atoms with Gasteiger partial charge >= 0.3 is 0 Å². The minimum absolute atomic E-state index is 0.108. The molecule has 2 amide bonds. The lowest BCUT2D eigenvalue weighted by atomic mass is 10.0. The van der Waals surface area contributed by atoms with Crippen LogP contribution in [0.25, 0.3) is 0 Å². The zero-order valence-electron chi connectivity index (χ0n) is 15.7. The number of ether oxygens (including phenoxy) is 1. The molecule has 140 valence electrons. The molecule has 4 rings (SSSR count). The molecule has 3 fully saturated rings. The predicted molar refractivity (Wildman–Crippen MR) is 98.3 cm³/mol. The molecule has 3 heterocycles. The van der Waals surface area contributed by atoms with Gasteiger partial charge in [-0.25, -0.2) is 0 Å². The van der Waals surface area contributed by atoms with E-state index in [9.17, 15) is 9.59 Å². The van der Waals surface area contributed by atoms with Gasteiger partial charge in [0.05, 0.1) is 25.1 Å². The third-order valence-corrected chi connectivity index (χ3v) is 6.28. The van der Waals surface area contributed by atoms with Gasteiger partial charge in [0.1, 0.15) is 0 Å². The van der Waals surface area contributed by atoms with E-state index < -0.39 is 5.72 Å². The summed E-state index contributed by atoms with van der Waals surface area (Å²) < 4.78 is 6.20. The summed E-state index contributed by atoms with van der Waals surface area (Å²) in [4.78, 5) is 29.4. The lowest BCUT2D eigenvalue weighted by Crippen LogP contribution is -2.51. The summed E-state index contributed by atoms with van der Waals surface area (Å²) in [6, 6.07) is 10.3. The lowest BCUT2D eigenvalue weighted by Gasteiger charge is -2.34. The second-order valence-corrected chi connectivity index (χ2v) is 8.13. The van der Waals surface area contributed by atoms with Crippen LogP contribution in [0.5, 0.6) is 0 Å². The van der Waals surface area contributed by atoms with Crippen LogP contribution in [0.1, 0.15) is 45.1 Å². The molecule has 5 heteroatoms. The van der Waals surface area contributed by atoms with E-state index in [2.05, 4.69) is 26.0 Å². The van der Waals surface area contributed by atoms with Crippen LogP contribution in [-0.4, -0.2) is 52.6 Å². The number of likely N-dealkylation sites (tertiary alicyclic amines) is 1. The quantitative estimate of drug-likeness (QED) is 0.815. The first-order chi connectivity index (χ1) is 12.5. The van der Waals surface area contributed by atoms with Crippen molar-refractivity contribution in [3.8, 4) is 0 Å². The van der Waals surface area contributed by atoms with Crippen molar-refractivity contribution in [1.29, 1.82) is 0 Å². The predicted octanol–water partition coefficient (Wildman–Crippen LogP) is 2.59. The second kappa shape index (κ2) is 6.69. The summed E-state index contributed by atoms with van der Waals surface area (Å²) in [6.07, 6.45) is 3.44. The van der Waals surface area contributed by atoms with Gasteiger partial charge in [0, 0.05) is 19.4 Å². The highest BCUT2D eigenvalue weighted by atomic mass is 16.5. The van der Waals surface area contributed by atoms with Crippen LogP contribution in [0.4, 0.5) is 0 Å². The van der Waals surface area contributed by atoms with Crippen LogP contribution in [0.3, 0.4) is 0 Å². The van der Waals surface area contributed by atoms with Crippen LogP contribution < -0.4 is 0 Å². The van der Waals surface area contributed by atoms with E-state index in [1.165, 1.54) is 5.56 Å². The first-order valence-electron chi connectivity index (χ1n) is 9.82. The molecule has 0 radical (unpaired) electrons. The van der Waals surface area contributed by atoms with Crippen LogP contribution in [-0.2, 0) is 20.7 Å². The normalized spacial score (nSPS) is 30.2. The Kier molecular flexibility index (Phi) is 4.51. The molecule has 0 aliphatic carbocycles. The van der Waals surface area contributed by atoms with Crippen molar-refractivity contribution >= 4 is 11.8 Å². The fourth-order valence-corrected chi connectivity index (χ4v) is 4.90. The number of carbonyl (C=O) groups is 2. The van der Waals surface area contributed by atoms with E-state index >= 15 is 0 Å². The Balaban J connectivity index is 1.40. The van der Waals surface area contributed by atoms with Gasteiger partial charge in [-0.1, -0.05) is 44.2 Å². The van der Waals surface area contributed by atoms with Gasteiger partial charge < -0.3 is 14.5 Å². The molecule has 0 bridgehead atoms. The third-order valence-electron chi connectivity index (χ3n) is 6.28. The van der Waals surface area contributed by atoms with Gasteiger partial charge in [-0.15, -0.1) is 0 Å². The molecule has 1 spiro atoms. The van der Waals surface area contributed by atoms with Crippen molar-refractivity contribution in [2.45, 2.75) is 63.8 Å². The zero-order chi connectivity index (χ0) is 18.3. The molecule has 3 aliphatic heterocycles. The van der Waals surface area contributed by atoms with Crippen molar-refractivity contribution in [3.05, 3.63) is 35.9 Å². The molecule has 0 unspecified atom stereocenters. The maximum absolute atomic E-state index is 12.8. The van der Waals surface area contributed by atoms with E-state index in [1.807, 2.05) is 28.0 Å². The largest absolute Gasteiger partial charge is 0.351 e. The molecule has 3 saturated heterocycles. The Hall–Kier alpha value is -1.88. The lowest BCUT2D eigenvalue weighted by molar-refractivity contribution is -0.141. The topological polar surface area (TPSA) is 49.9 Å². The van der Waals surface area contributed by atoms with Crippen LogP contribution in [0.2, 0.25) is 0 Å². The monoisotopic (exact) mass is 356 g/mol. The van der Waals surface area contributed by atoms with Crippen molar-refractivity contribution in [2.24, 2.45) is 5.92 Å². The smallest absolute Gasteiger partial charge is 0.227 e. The minimum atomic E-state index is -0.554. The summed E-state index contributed by atoms with van der Waals surface area (Å²) in [7, 11) is 0.